The molecule has 1 aliphatic carbocycles. The molecule has 1 radical (unpaired) electrons. The summed E-state index contributed by atoms with van der Waals surface area (Å²) in [5.41, 5.74) is 2.36. The second-order valence-corrected chi connectivity index (χ2v) is 4.36. The highest BCUT2D eigenvalue weighted by Crippen LogP contribution is 2.43. The molecule has 1 fully saturated rings. The van der Waals surface area contributed by atoms with Crippen LogP contribution in [0.3, 0.4) is 0 Å². The molecule has 0 heterocycles. The maximum absolute atomic E-state index is 9.03. The summed E-state index contributed by atoms with van der Waals surface area (Å²) in [6, 6.07) is 6.02. The number of rotatable bonds is 3. The molecule has 0 spiro atoms. The quantitative estimate of drug-likeness (QED) is 0.811. The smallest absolute Gasteiger partial charge is 0.0534 e. The molecule has 14 heavy (non-hydrogen) atoms. The van der Waals surface area contributed by atoms with Gasteiger partial charge in [0.05, 0.1) is 6.61 Å². The minimum Gasteiger partial charge on any atom is -0.395 e. The van der Waals surface area contributed by atoms with Crippen LogP contribution in [0.4, 0.5) is 0 Å². The molecule has 0 unspecified atom stereocenters. The minimum atomic E-state index is 0.117. The molecule has 75 valence electrons. The summed E-state index contributed by atoms with van der Waals surface area (Å²) < 4.78 is 0. The number of hydrogen-bond acceptors (Lipinski definition) is 1. The van der Waals surface area contributed by atoms with Gasteiger partial charge in [-0.1, -0.05) is 30.7 Å². The zero-order chi connectivity index (χ0) is 10.1. The molecular weight excluding hydrogens is 196 g/mol. The van der Waals surface area contributed by atoms with Crippen LogP contribution in [0.5, 0.6) is 0 Å². The van der Waals surface area contributed by atoms with E-state index >= 15 is 0 Å². The zero-order valence-corrected chi connectivity index (χ0v) is 9.01. The molecule has 1 N–H and O–H groups in total. The van der Waals surface area contributed by atoms with Crippen LogP contribution < -0.4 is 0 Å². The van der Waals surface area contributed by atoms with Crippen molar-refractivity contribution in [2.24, 2.45) is 0 Å². The van der Waals surface area contributed by atoms with Crippen molar-refractivity contribution in [2.45, 2.75) is 25.7 Å². The van der Waals surface area contributed by atoms with Crippen molar-refractivity contribution < 1.29 is 5.11 Å². The van der Waals surface area contributed by atoms with Gasteiger partial charge in [-0.2, -0.15) is 0 Å². The molecule has 0 bridgehead atoms. The van der Waals surface area contributed by atoms with Crippen LogP contribution in [0, 0.1) is 5.92 Å². The molecule has 0 aromatic heterocycles. The maximum Gasteiger partial charge on any atom is 0.0534 e. The molecule has 1 aromatic rings. The predicted octanol–water partition coefficient (Wildman–Crippen LogP) is 3.15. The zero-order valence-electron chi connectivity index (χ0n) is 8.26. The Morgan fingerprint density at radius 3 is 2.79 bits per heavy atom. The third kappa shape index (κ3) is 1.94. The Labute approximate surface area is 89.7 Å². The van der Waals surface area contributed by atoms with E-state index in [0.717, 1.165) is 16.5 Å². The first-order valence-corrected chi connectivity index (χ1v) is 5.33. The van der Waals surface area contributed by atoms with Crippen molar-refractivity contribution in [3.05, 3.63) is 40.3 Å². The first-order valence-electron chi connectivity index (χ1n) is 4.95. The number of benzene rings is 1. The van der Waals surface area contributed by atoms with E-state index in [1.165, 1.54) is 18.4 Å². The van der Waals surface area contributed by atoms with Crippen LogP contribution in [0.25, 0.3) is 0 Å². The third-order valence-electron chi connectivity index (χ3n) is 2.74. The number of aliphatic hydroxyl groups excluding tert-OH is 1. The van der Waals surface area contributed by atoms with Gasteiger partial charge in [-0.15, -0.1) is 0 Å². The van der Waals surface area contributed by atoms with Crippen LogP contribution in [-0.4, -0.2) is 11.7 Å². The molecule has 0 amide bonds. The Bertz CT molecular complexity index is 331. The van der Waals surface area contributed by atoms with Crippen LogP contribution in [0.1, 0.15) is 36.8 Å². The van der Waals surface area contributed by atoms with E-state index in [4.69, 9.17) is 16.7 Å². The van der Waals surface area contributed by atoms with Crippen molar-refractivity contribution in [1.82, 2.24) is 0 Å². The summed E-state index contributed by atoms with van der Waals surface area (Å²) in [6.07, 6.45) is 2.50. The van der Waals surface area contributed by atoms with E-state index in [-0.39, 0.29) is 6.61 Å². The van der Waals surface area contributed by atoms with Gasteiger partial charge < -0.3 is 5.11 Å². The topological polar surface area (TPSA) is 20.2 Å². The van der Waals surface area contributed by atoms with Crippen molar-refractivity contribution in [3.63, 3.8) is 0 Å². The van der Waals surface area contributed by atoms with E-state index in [1.54, 1.807) is 0 Å². The molecular formula is C12H14ClO. The Kier molecular flexibility index (Phi) is 2.80. The molecule has 0 aliphatic heterocycles. The Morgan fingerprint density at radius 2 is 2.21 bits per heavy atom. The summed E-state index contributed by atoms with van der Waals surface area (Å²) in [7, 11) is 0. The molecule has 0 saturated heterocycles. The fourth-order valence-corrected chi connectivity index (χ4v) is 1.88. The molecule has 1 nitrogen and oxygen atoms in total. The van der Waals surface area contributed by atoms with Gasteiger partial charge in [-0.25, -0.2) is 0 Å². The summed E-state index contributed by atoms with van der Waals surface area (Å²) >= 11 is 6.11. The average molecular weight is 210 g/mol. The summed E-state index contributed by atoms with van der Waals surface area (Å²) in [4.78, 5) is 0. The molecule has 1 aromatic carbocycles. The summed E-state index contributed by atoms with van der Waals surface area (Å²) in [5, 5.41) is 9.90. The minimum absolute atomic E-state index is 0.117. The largest absolute Gasteiger partial charge is 0.395 e. The molecule has 1 aliphatic rings. The van der Waals surface area contributed by atoms with Crippen LogP contribution in [0.15, 0.2) is 18.2 Å². The second kappa shape index (κ2) is 3.92. The molecule has 0 atom stereocenters. The fourth-order valence-electron chi connectivity index (χ4n) is 1.61. The van der Waals surface area contributed by atoms with E-state index in [2.05, 4.69) is 6.07 Å². The highest BCUT2D eigenvalue weighted by molar-refractivity contribution is 6.31. The highest BCUT2D eigenvalue weighted by Gasteiger charge is 2.26. The van der Waals surface area contributed by atoms with Gasteiger partial charge in [0.2, 0.25) is 0 Å². The molecule has 2 heteroatoms. The summed E-state index contributed by atoms with van der Waals surface area (Å²) in [5.74, 6) is 1.66. The van der Waals surface area contributed by atoms with Crippen molar-refractivity contribution in [3.8, 4) is 0 Å². The maximum atomic E-state index is 9.03. The van der Waals surface area contributed by atoms with E-state index in [1.807, 2.05) is 19.1 Å². The van der Waals surface area contributed by atoms with Gasteiger partial charge in [-0.05, 0) is 36.0 Å². The van der Waals surface area contributed by atoms with Crippen LogP contribution in [-0.2, 0) is 0 Å². The average Bonchev–Trinajstić information content (AvgIpc) is 3.01. The van der Waals surface area contributed by atoms with Crippen LogP contribution in [0.2, 0.25) is 5.02 Å². The Hall–Kier alpha value is -0.530. The third-order valence-corrected chi connectivity index (χ3v) is 3.09. The lowest BCUT2D eigenvalue weighted by Crippen LogP contribution is -2.00. The normalized spacial score (nSPS) is 16.3. The van der Waals surface area contributed by atoms with E-state index in [9.17, 15) is 0 Å². The van der Waals surface area contributed by atoms with Gasteiger partial charge in [0.1, 0.15) is 0 Å². The number of aliphatic hydroxyl groups is 1. The first kappa shape index (κ1) is 10.0. The van der Waals surface area contributed by atoms with Gasteiger partial charge >= 0.3 is 0 Å². The number of hydrogen-bond donors (Lipinski definition) is 1. The lowest BCUT2D eigenvalue weighted by atomic mass is 9.98. The van der Waals surface area contributed by atoms with Gasteiger partial charge in [0, 0.05) is 10.9 Å². The van der Waals surface area contributed by atoms with Crippen molar-refractivity contribution >= 4 is 11.6 Å². The van der Waals surface area contributed by atoms with Crippen molar-refractivity contribution in [2.75, 3.05) is 6.61 Å². The highest BCUT2D eigenvalue weighted by atomic mass is 35.5. The first-order chi connectivity index (χ1) is 6.72. The van der Waals surface area contributed by atoms with Crippen molar-refractivity contribution in [1.29, 1.82) is 0 Å². The Balaban J connectivity index is 2.30. The van der Waals surface area contributed by atoms with E-state index in [0.29, 0.717) is 5.92 Å². The van der Waals surface area contributed by atoms with Crippen LogP contribution >= 0.6 is 11.6 Å². The summed E-state index contributed by atoms with van der Waals surface area (Å²) in [6.45, 7) is 2.06. The lowest BCUT2D eigenvalue weighted by molar-refractivity contribution is 0.315. The predicted molar refractivity (Wildman–Crippen MR) is 58.5 cm³/mol. The molecule has 2 rings (SSSR count). The van der Waals surface area contributed by atoms with Gasteiger partial charge in [0.15, 0.2) is 0 Å². The fraction of sp³-hybridized carbons (Fsp3) is 0.417. The monoisotopic (exact) mass is 209 g/mol. The van der Waals surface area contributed by atoms with E-state index < -0.39 is 0 Å². The van der Waals surface area contributed by atoms with Gasteiger partial charge in [0.25, 0.3) is 0 Å². The molecule has 1 saturated carbocycles. The SMILES string of the molecule is C[C](CO)c1ccc(Cl)c(C2CC2)c1. The van der Waals surface area contributed by atoms with Gasteiger partial charge in [-0.3, -0.25) is 0 Å². The lowest BCUT2D eigenvalue weighted by Gasteiger charge is -2.10. The Morgan fingerprint density at radius 1 is 1.50 bits per heavy atom. The standard InChI is InChI=1S/C12H14ClO/c1-8(7-14)10-4-5-12(13)11(6-10)9-2-3-9/h4-6,9,14H,2-3,7H2,1H3. The second-order valence-electron chi connectivity index (χ2n) is 3.95. The number of halogens is 1.